The highest BCUT2D eigenvalue weighted by molar-refractivity contribution is 5.83. The fourth-order valence-electron chi connectivity index (χ4n) is 4.64. The Labute approximate surface area is 193 Å². The summed E-state index contributed by atoms with van der Waals surface area (Å²) in [5.41, 5.74) is 15.6. The van der Waals surface area contributed by atoms with Gasteiger partial charge in [0, 0.05) is 22.2 Å². The van der Waals surface area contributed by atoms with Gasteiger partial charge in [-0.05, 0) is 48.9 Å². The summed E-state index contributed by atoms with van der Waals surface area (Å²) < 4.78 is 1.93. The number of benzene rings is 3. The Morgan fingerprint density at radius 3 is 2.18 bits per heavy atom. The van der Waals surface area contributed by atoms with Gasteiger partial charge < -0.3 is 5.73 Å². The van der Waals surface area contributed by atoms with Crippen molar-refractivity contribution in [3.63, 3.8) is 0 Å². The lowest BCUT2D eigenvalue weighted by atomic mass is 9.72. The Bertz CT molecular complexity index is 1430. The van der Waals surface area contributed by atoms with Crippen molar-refractivity contribution in [2.45, 2.75) is 24.8 Å². The van der Waals surface area contributed by atoms with Gasteiger partial charge in [-0.3, -0.25) is 0 Å². The van der Waals surface area contributed by atoms with Crippen LogP contribution in [0.25, 0.3) is 39.3 Å². The number of fused-ring (bicyclic) bond motifs is 1. The molecule has 4 nitrogen and oxygen atoms in total. The average Bonchev–Trinajstić information content (AvgIpc) is 3.26. The summed E-state index contributed by atoms with van der Waals surface area (Å²) >= 11 is 0. The van der Waals surface area contributed by atoms with Crippen LogP contribution in [0.4, 0.5) is 0 Å². The van der Waals surface area contributed by atoms with E-state index < -0.39 is 0 Å². The Kier molecular flexibility index (Phi) is 4.63. The fraction of sp³-hybridized carbons (Fsp3) is 0.138. The smallest absolute Gasteiger partial charge is 0.154 e. The number of imidazole rings is 1. The maximum atomic E-state index is 6.56. The van der Waals surface area contributed by atoms with Crippen LogP contribution in [-0.2, 0) is 5.54 Å². The number of hydrogen-bond donors (Lipinski definition) is 1. The van der Waals surface area contributed by atoms with E-state index in [0.717, 1.165) is 57.7 Å². The molecule has 0 aliphatic heterocycles. The molecular formula is C29H25N4. The second-order valence-electron chi connectivity index (χ2n) is 8.97. The fourth-order valence-corrected chi connectivity index (χ4v) is 4.64. The van der Waals surface area contributed by atoms with Gasteiger partial charge in [-0.25, -0.2) is 9.50 Å². The SMILES string of the molecule is [CH2]c1ccc(-c2cnc3cc(-c4ccccc4)c(-c4ccc(C5(N)CCC5)cc4)nn23)cc1. The van der Waals surface area contributed by atoms with Gasteiger partial charge in [0.2, 0.25) is 0 Å². The zero-order valence-corrected chi connectivity index (χ0v) is 18.4. The van der Waals surface area contributed by atoms with Gasteiger partial charge in [0.15, 0.2) is 5.65 Å². The van der Waals surface area contributed by atoms with E-state index in [9.17, 15) is 0 Å². The lowest BCUT2D eigenvalue weighted by Crippen LogP contribution is -2.43. The zero-order valence-electron chi connectivity index (χ0n) is 18.4. The minimum absolute atomic E-state index is 0.171. The summed E-state index contributed by atoms with van der Waals surface area (Å²) in [6.07, 6.45) is 5.19. The molecule has 2 aromatic heterocycles. The Morgan fingerprint density at radius 1 is 0.818 bits per heavy atom. The van der Waals surface area contributed by atoms with Crippen LogP contribution in [0.1, 0.15) is 30.4 Å². The van der Waals surface area contributed by atoms with E-state index in [1.165, 1.54) is 12.0 Å². The van der Waals surface area contributed by atoms with E-state index in [-0.39, 0.29) is 5.54 Å². The highest BCUT2D eigenvalue weighted by Crippen LogP contribution is 2.40. The molecule has 0 spiro atoms. The third-order valence-electron chi connectivity index (χ3n) is 6.81. The topological polar surface area (TPSA) is 56.2 Å². The van der Waals surface area contributed by atoms with Crippen LogP contribution in [0.15, 0.2) is 91.1 Å². The summed E-state index contributed by atoms with van der Waals surface area (Å²) in [4.78, 5) is 4.67. The van der Waals surface area contributed by atoms with Crippen molar-refractivity contribution in [1.82, 2.24) is 14.6 Å². The third kappa shape index (κ3) is 3.43. The molecule has 3 aromatic carbocycles. The van der Waals surface area contributed by atoms with Crippen molar-refractivity contribution in [3.05, 3.63) is 109 Å². The second-order valence-corrected chi connectivity index (χ2v) is 8.97. The molecule has 0 saturated heterocycles. The van der Waals surface area contributed by atoms with Crippen LogP contribution in [0, 0.1) is 6.92 Å². The van der Waals surface area contributed by atoms with Crippen molar-refractivity contribution in [2.75, 3.05) is 0 Å². The molecule has 1 aliphatic carbocycles. The van der Waals surface area contributed by atoms with Crippen LogP contribution in [0.5, 0.6) is 0 Å². The molecule has 0 atom stereocenters. The largest absolute Gasteiger partial charge is 0.321 e. The van der Waals surface area contributed by atoms with E-state index in [1.54, 1.807) is 0 Å². The van der Waals surface area contributed by atoms with E-state index >= 15 is 0 Å². The summed E-state index contributed by atoms with van der Waals surface area (Å²) in [5, 5.41) is 5.11. The normalized spacial score (nSPS) is 14.8. The van der Waals surface area contributed by atoms with Crippen LogP contribution < -0.4 is 5.73 Å². The van der Waals surface area contributed by atoms with Crippen LogP contribution >= 0.6 is 0 Å². The Balaban J connectivity index is 1.53. The summed E-state index contributed by atoms with van der Waals surface area (Å²) in [5.74, 6) is 0. The first-order chi connectivity index (χ1) is 16.1. The molecule has 6 rings (SSSR count). The van der Waals surface area contributed by atoms with E-state index in [2.05, 4.69) is 78.6 Å². The molecule has 1 fully saturated rings. The molecule has 2 heterocycles. The van der Waals surface area contributed by atoms with Crippen LogP contribution in [-0.4, -0.2) is 14.6 Å². The van der Waals surface area contributed by atoms with Gasteiger partial charge in [0.1, 0.15) is 0 Å². The van der Waals surface area contributed by atoms with Gasteiger partial charge >= 0.3 is 0 Å². The summed E-state index contributed by atoms with van der Waals surface area (Å²) in [7, 11) is 0. The monoisotopic (exact) mass is 429 g/mol. The number of rotatable bonds is 4. The first kappa shape index (κ1) is 19.9. The van der Waals surface area contributed by atoms with Gasteiger partial charge in [-0.2, -0.15) is 5.10 Å². The molecule has 0 bridgehead atoms. The Morgan fingerprint density at radius 2 is 1.52 bits per heavy atom. The van der Waals surface area contributed by atoms with E-state index in [0.29, 0.717) is 0 Å². The third-order valence-corrected chi connectivity index (χ3v) is 6.81. The van der Waals surface area contributed by atoms with Crippen molar-refractivity contribution >= 4 is 5.65 Å². The van der Waals surface area contributed by atoms with Gasteiger partial charge in [0.25, 0.3) is 0 Å². The zero-order chi connectivity index (χ0) is 22.4. The van der Waals surface area contributed by atoms with Crippen LogP contribution in [0.2, 0.25) is 0 Å². The van der Waals surface area contributed by atoms with Crippen molar-refractivity contribution in [2.24, 2.45) is 5.73 Å². The second kappa shape index (κ2) is 7.68. The molecule has 1 radical (unpaired) electrons. The molecule has 0 amide bonds. The van der Waals surface area contributed by atoms with Gasteiger partial charge in [0.05, 0.1) is 17.6 Å². The molecule has 1 aliphatic rings. The predicted octanol–water partition coefficient (Wildman–Crippen LogP) is 6.25. The molecule has 1 saturated carbocycles. The lowest BCUT2D eigenvalue weighted by Gasteiger charge is -2.38. The standard InChI is InChI=1S/C29H25N4/c1-20-8-10-22(11-9-20)26-19-31-27-18-25(21-6-3-2-4-7-21)28(32-33(26)27)23-12-14-24(15-13-23)29(30)16-5-17-29/h2-4,6-15,18-19H,1,5,16-17,30H2. The van der Waals surface area contributed by atoms with Crippen LogP contribution in [0.3, 0.4) is 0 Å². The average molecular weight is 430 g/mol. The highest BCUT2D eigenvalue weighted by Gasteiger charge is 2.34. The summed E-state index contributed by atoms with van der Waals surface area (Å²) in [6, 6.07) is 29.3. The minimum atomic E-state index is -0.171. The quantitative estimate of drug-likeness (QED) is 0.367. The molecular weight excluding hydrogens is 404 g/mol. The maximum Gasteiger partial charge on any atom is 0.154 e. The number of hydrogen-bond acceptors (Lipinski definition) is 3. The summed E-state index contributed by atoms with van der Waals surface area (Å²) in [6.45, 7) is 3.99. The van der Waals surface area contributed by atoms with Crippen molar-refractivity contribution < 1.29 is 0 Å². The molecule has 2 N–H and O–H groups in total. The van der Waals surface area contributed by atoms with Crippen molar-refractivity contribution in [3.8, 4) is 33.6 Å². The van der Waals surface area contributed by atoms with Crippen molar-refractivity contribution in [1.29, 1.82) is 0 Å². The van der Waals surface area contributed by atoms with E-state index in [1.807, 2.05) is 28.9 Å². The first-order valence-corrected chi connectivity index (χ1v) is 11.4. The minimum Gasteiger partial charge on any atom is -0.321 e. The predicted molar refractivity (Wildman–Crippen MR) is 133 cm³/mol. The Hall–Kier alpha value is -3.76. The molecule has 4 heteroatoms. The lowest BCUT2D eigenvalue weighted by molar-refractivity contribution is 0.253. The first-order valence-electron chi connectivity index (χ1n) is 11.4. The van der Waals surface area contributed by atoms with Gasteiger partial charge in [-0.1, -0.05) is 78.9 Å². The number of aromatic nitrogens is 3. The highest BCUT2D eigenvalue weighted by atomic mass is 15.3. The molecule has 5 aromatic rings. The maximum absolute atomic E-state index is 6.56. The number of nitrogens with two attached hydrogens (primary N) is 1. The molecule has 0 unspecified atom stereocenters. The number of nitrogens with zero attached hydrogens (tertiary/aromatic N) is 3. The van der Waals surface area contributed by atoms with Gasteiger partial charge in [-0.15, -0.1) is 0 Å². The molecule has 33 heavy (non-hydrogen) atoms. The molecule has 161 valence electrons. The van der Waals surface area contributed by atoms with E-state index in [4.69, 9.17) is 10.8 Å².